The fraction of sp³-hybridized carbons (Fsp3) is 0.333. The average Bonchev–Trinajstić information content (AvgIpc) is 1.99. The summed E-state index contributed by atoms with van der Waals surface area (Å²) in [5.41, 5.74) is 1.47. The summed E-state index contributed by atoms with van der Waals surface area (Å²) in [5.74, 6) is -0.214. The first-order valence-electron chi connectivity index (χ1n) is 3.59. The van der Waals surface area contributed by atoms with E-state index in [0.29, 0.717) is 10.6 Å². The number of hydrogen-bond acceptors (Lipinski definition) is 0. The number of aryl methyl sites for hydroxylation is 1. The maximum atomic E-state index is 12.9. The van der Waals surface area contributed by atoms with Crippen molar-refractivity contribution in [1.82, 2.24) is 0 Å². The van der Waals surface area contributed by atoms with E-state index in [1.54, 1.807) is 13.0 Å². The third kappa shape index (κ3) is 1.72. The van der Waals surface area contributed by atoms with Crippen molar-refractivity contribution in [3.63, 3.8) is 0 Å². The summed E-state index contributed by atoms with van der Waals surface area (Å²) in [6.45, 7) is 3.65. The predicted octanol–water partition coefficient (Wildman–Crippen LogP) is 3.35. The van der Waals surface area contributed by atoms with Crippen LogP contribution in [0.15, 0.2) is 12.1 Å². The van der Waals surface area contributed by atoms with E-state index in [9.17, 15) is 4.39 Å². The molecule has 2 heteroatoms. The molecule has 0 radical (unpaired) electrons. The van der Waals surface area contributed by atoms with Crippen LogP contribution in [0.1, 0.15) is 18.1 Å². The van der Waals surface area contributed by atoms with E-state index >= 15 is 0 Å². The van der Waals surface area contributed by atoms with Crippen LogP contribution >= 0.6 is 11.6 Å². The van der Waals surface area contributed by atoms with Crippen LogP contribution in [0.25, 0.3) is 0 Å². The van der Waals surface area contributed by atoms with Crippen LogP contribution in [0.3, 0.4) is 0 Å². The summed E-state index contributed by atoms with van der Waals surface area (Å²) < 4.78 is 12.9. The highest BCUT2D eigenvalue weighted by atomic mass is 35.5. The van der Waals surface area contributed by atoms with E-state index in [-0.39, 0.29) is 5.82 Å². The van der Waals surface area contributed by atoms with E-state index in [2.05, 4.69) is 0 Å². The zero-order chi connectivity index (χ0) is 8.43. The van der Waals surface area contributed by atoms with Gasteiger partial charge in [0.05, 0.1) is 0 Å². The number of rotatable bonds is 1. The molecule has 0 nitrogen and oxygen atoms in total. The second-order valence-corrected chi connectivity index (χ2v) is 2.95. The first-order valence-corrected chi connectivity index (χ1v) is 3.97. The third-order valence-electron chi connectivity index (χ3n) is 1.75. The van der Waals surface area contributed by atoms with Gasteiger partial charge in [-0.2, -0.15) is 0 Å². The van der Waals surface area contributed by atoms with Crippen LogP contribution < -0.4 is 0 Å². The number of hydrogen-bond donors (Lipinski definition) is 0. The second kappa shape index (κ2) is 3.22. The highest BCUT2D eigenvalue weighted by Crippen LogP contribution is 2.20. The molecule has 0 atom stereocenters. The highest BCUT2D eigenvalue weighted by Gasteiger charge is 2.03. The first-order chi connectivity index (χ1) is 5.15. The van der Waals surface area contributed by atoms with Crippen molar-refractivity contribution in [2.24, 2.45) is 0 Å². The van der Waals surface area contributed by atoms with Crippen LogP contribution in [-0.2, 0) is 6.42 Å². The molecule has 0 unspecified atom stereocenters. The van der Waals surface area contributed by atoms with Gasteiger partial charge in [0.2, 0.25) is 0 Å². The Balaban J connectivity index is 3.21. The molecule has 60 valence electrons. The molecule has 0 aliphatic rings. The van der Waals surface area contributed by atoms with Crippen LogP contribution in [0.2, 0.25) is 5.02 Å². The van der Waals surface area contributed by atoms with Gasteiger partial charge >= 0.3 is 0 Å². The van der Waals surface area contributed by atoms with Crippen molar-refractivity contribution >= 4 is 11.6 Å². The molecular weight excluding hydrogens is 163 g/mol. The Kier molecular flexibility index (Phi) is 2.50. The van der Waals surface area contributed by atoms with Crippen LogP contribution in [0.5, 0.6) is 0 Å². The van der Waals surface area contributed by atoms with Gasteiger partial charge in [0.15, 0.2) is 0 Å². The summed E-state index contributed by atoms with van der Waals surface area (Å²) in [5, 5.41) is 0.516. The van der Waals surface area contributed by atoms with Gasteiger partial charge in [0.1, 0.15) is 5.82 Å². The standard InChI is InChI=1S/C9H10ClF/c1-3-7-4-8(10)6(2)9(11)5-7/h4-5H,3H2,1-2H3. The summed E-state index contributed by atoms with van der Waals surface area (Å²) >= 11 is 5.76. The Bertz CT molecular complexity index is 245. The van der Waals surface area contributed by atoms with Gasteiger partial charge in [0.25, 0.3) is 0 Å². The molecule has 0 spiro atoms. The van der Waals surface area contributed by atoms with Gasteiger partial charge in [-0.1, -0.05) is 18.5 Å². The molecule has 0 aliphatic heterocycles. The molecular formula is C9H10ClF. The maximum absolute atomic E-state index is 12.9. The smallest absolute Gasteiger partial charge is 0.127 e. The van der Waals surface area contributed by atoms with Gasteiger partial charge in [0, 0.05) is 10.6 Å². The Morgan fingerprint density at radius 3 is 2.55 bits per heavy atom. The predicted molar refractivity (Wildman–Crippen MR) is 45.5 cm³/mol. The maximum Gasteiger partial charge on any atom is 0.127 e. The van der Waals surface area contributed by atoms with E-state index in [1.807, 2.05) is 6.92 Å². The summed E-state index contributed by atoms with van der Waals surface area (Å²) in [6, 6.07) is 3.33. The van der Waals surface area contributed by atoms with E-state index in [1.165, 1.54) is 6.07 Å². The van der Waals surface area contributed by atoms with Crippen LogP contribution in [0, 0.1) is 12.7 Å². The highest BCUT2D eigenvalue weighted by molar-refractivity contribution is 6.31. The molecule has 1 aromatic rings. The quantitative estimate of drug-likeness (QED) is 0.610. The fourth-order valence-electron chi connectivity index (χ4n) is 0.902. The molecule has 0 N–H and O–H groups in total. The SMILES string of the molecule is CCc1cc(F)c(C)c(Cl)c1. The van der Waals surface area contributed by atoms with Gasteiger partial charge in [-0.25, -0.2) is 4.39 Å². The molecule has 11 heavy (non-hydrogen) atoms. The molecule has 1 rings (SSSR count). The average molecular weight is 173 g/mol. The Morgan fingerprint density at radius 2 is 2.09 bits per heavy atom. The third-order valence-corrected chi connectivity index (χ3v) is 2.14. The van der Waals surface area contributed by atoms with Crippen molar-refractivity contribution in [3.8, 4) is 0 Å². The Labute approximate surface area is 71.0 Å². The first kappa shape index (κ1) is 8.54. The largest absolute Gasteiger partial charge is 0.207 e. The summed E-state index contributed by atoms with van der Waals surface area (Å²) in [7, 11) is 0. The summed E-state index contributed by atoms with van der Waals surface area (Å²) in [4.78, 5) is 0. The van der Waals surface area contributed by atoms with Crippen molar-refractivity contribution in [1.29, 1.82) is 0 Å². The molecule has 1 aromatic carbocycles. The minimum atomic E-state index is -0.214. The minimum Gasteiger partial charge on any atom is -0.207 e. The molecule has 0 saturated heterocycles. The minimum absolute atomic E-state index is 0.214. The van der Waals surface area contributed by atoms with Crippen LogP contribution in [-0.4, -0.2) is 0 Å². The lowest BCUT2D eigenvalue weighted by atomic mass is 10.1. The van der Waals surface area contributed by atoms with E-state index in [0.717, 1.165) is 12.0 Å². The molecule has 0 aliphatic carbocycles. The molecule has 0 bridgehead atoms. The lowest BCUT2D eigenvalue weighted by Gasteiger charge is -2.02. The number of benzene rings is 1. The van der Waals surface area contributed by atoms with Crippen molar-refractivity contribution in [2.45, 2.75) is 20.3 Å². The lowest BCUT2D eigenvalue weighted by molar-refractivity contribution is 0.616. The zero-order valence-electron chi connectivity index (χ0n) is 6.62. The molecule has 0 fully saturated rings. The Morgan fingerprint density at radius 1 is 1.45 bits per heavy atom. The molecule has 0 heterocycles. The normalized spacial score (nSPS) is 10.2. The van der Waals surface area contributed by atoms with Gasteiger partial charge in [-0.05, 0) is 31.0 Å². The van der Waals surface area contributed by atoms with Crippen LogP contribution in [0.4, 0.5) is 4.39 Å². The fourth-order valence-corrected chi connectivity index (χ4v) is 1.13. The van der Waals surface area contributed by atoms with Crippen molar-refractivity contribution < 1.29 is 4.39 Å². The monoisotopic (exact) mass is 172 g/mol. The van der Waals surface area contributed by atoms with Gasteiger partial charge in [-0.3, -0.25) is 0 Å². The molecule has 0 amide bonds. The van der Waals surface area contributed by atoms with Gasteiger partial charge < -0.3 is 0 Å². The van der Waals surface area contributed by atoms with E-state index in [4.69, 9.17) is 11.6 Å². The lowest BCUT2D eigenvalue weighted by Crippen LogP contribution is -1.88. The van der Waals surface area contributed by atoms with Crippen molar-refractivity contribution in [3.05, 3.63) is 34.1 Å². The second-order valence-electron chi connectivity index (χ2n) is 2.54. The van der Waals surface area contributed by atoms with Gasteiger partial charge in [-0.15, -0.1) is 0 Å². The zero-order valence-corrected chi connectivity index (χ0v) is 7.37. The van der Waals surface area contributed by atoms with Crippen molar-refractivity contribution in [2.75, 3.05) is 0 Å². The number of halogens is 2. The topological polar surface area (TPSA) is 0 Å². The molecule has 0 saturated carbocycles. The summed E-state index contributed by atoms with van der Waals surface area (Å²) in [6.07, 6.45) is 0.816. The molecule has 0 aromatic heterocycles. The Hall–Kier alpha value is -0.560. The van der Waals surface area contributed by atoms with E-state index < -0.39 is 0 Å².